The van der Waals surface area contributed by atoms with E-state index in [9.17, 15) is 4.79 Å². The second kappa shape index (κ2) is 12.2. The van der Waals surface area contributed by atoms with Crippen LogP contribution in [0.25, 0.3) is 0 Å². The maximum atomic E-state index is 12.4. The minimum Gasteiger partial charge on any atom is -0.544 e. The Hall–Kier alpha value is -1.72. The molecule has 0 radical (unpaired) electrons. The summed E-state index contributed by atoms with van der Waals surface area (Å²) in [7, 11) is -5.46. The molecule has 0 saturated heterocycles. The molecule has 200 valence electrons. The zero-order valence-corrected chi connectivity index (χ0v) is 27.1. The number of nitrogens with zero attached hydrogens (tertiary/aromatic N) is 1. The van der Waals surface area contributed by atoms with Crippen molar-refractivity contribution in [1.29, 1.82) is 0 Å². The molecular weight excluding hydrogens is 497 g/mol. The van der Waals surface area contributed by atoms with E-state index in [1.54, 1.807) is 0 Å². The lowest BCUT2D eigenvalue weighted by Gasteiger charge is -2.42. The maximum absolute atomic E-state index is 12.4. The zero-order chi connectivity index (χ0) is 27.3. The van der Waals surface area contributed by atoms with E-state index < -0.39 is 30.8 Å². The third-order valence-electron chi connectivity index (χ3n) is 6.00. The number of benzene rings is 2. The van der Waals surface area contributed by atoms with E-state index in [0.717, 1.165) is 24.9 Å². The van der Waals surface area contributed by atoms with Gasteiger partial charge in [-0.3, -0.25) is 4.79 Å². The normalized spacial score (nSPS) is 14.5. The largest absolute Gasteiger partial charge is 0.544 e. The molecule has 0 aromatic heterocycles. The van der Waals surface area contributed by atoms with E-state index >= 15 is 0 Å². The van der Waals surface area contributed by atoms with E-state index in [1.807, 2.05) is 12.1 Å². The zero-order valence-electron chi connectivity index (χ0n) is 24.1. The standard InChI is InChI=1S/C28H48N2O3Si3/c1-22(16-17-23-14-12-11-13-15-23)30(34(2,3)4)21-27(33-36(8,9)10)24-18-19-26(32-35(5,6)7)25(20-24)28(29)31/h11-15,18-20,22,27H,16-17,21H2,1-10H3,(H2,29,31). The van der Waals surface area contributed by atoms with Crippen LogP contribution in [0.5, 0.6) is 5.75 Å². The average molecular weight is 545 g/mol. The van der Waals surface area contributed by atoms with Gasteiger partial charge in [-0.25, -0.2) is 0 Å². The van der Waals surface area contributed by atoms with Crippen molar-refractivity contribution in [2.75, 3.05) is 6.54 Å². The Balaban J connectivity index is 2.39. The molecule has 0 aliphatic carbocycles. The molecule has 0 aliphatic heterocycles. The van der Waals surface area contributed by atoms with Gasteiger partial charge in [0.2, 0.25) is 8.32 Å². The van der Waals surface area contributed by atoms with Crippen molar-refractivity contribution in [2.24, 2.45) is 5.73 Å². The van der Waals surface area contributed by atoms with E-state index in [0.29, 0.717) is 17.4 Å². The molecule has 5 nitrogen and oxygen atoms in total. The van der Waals surface area contributed by atoms with Gasteiger partial charge in [0.05, 0.1) is 11.7 Å². The first-order valence-corrected chi connectivity index (χ1v) is 23.3. The van der Waals surface area contributed by atoms with Crippen molar-refractivity contribution in [3.05, 3.63) is 65.2 Å². The fourth-order valence-electron chi connectivity index (χ4n) is 4.47. The monoisotopic (exact) mass is 544 g/mol. The molecule has 36 heavy (non-hydrogen) atoms. The lowest BCUT2D eigenvalue weighted by atomic mass is 10.0. The lowest BCUT2D eigenvalue weighted by Crippen LogP contribution is -2.53. The smallest absolute Gasteiger partial charge is 0.252 e. The van der Waals surface area contributed by atoms with Gasteiger partial charge in [0.1, 0.15) is 14.0 Å². The highest BCUT2D eigenvalue weighted by Crippen LogP contribution is 2.32. The van der Waals surface area contributed by atoms with Crippen LogP contribution in [0, 0.1) is 0 Å². The number of carbonyl (C=O) groups excluding carboxylic acids is 1. The van der Waals surface area contributed by atoms with E-state index in [2.05, 4.69) is 107 Å². The summed E-state index contributed by atoms with van der Waals surface area (Å²) in [6.07, 6.45) is 2.00. The molecule has 2 aromatic carbocycles. The lowest BCUT2D eigenvalue weighted by molar-refractivity contribution is 0.0998. The Bertz CT molecular complexity index is 996. The number of rotatable bonds is 13. The number of primary amides is 1. The molecule has 2 rings (SSSR count). The van der Waals surface area contributed by atoms with Gasteiger partial charge >= 0.3 is 0 Å². The summed E-state index contributed by atoms with van der Waals surface area (Å²) in [5.41, 5.74) is 8.61. The minimum atomic E-state index is -1.90. The van der Waals surface area contributed by atoms with Crippen LogP contribution in [0.2, 0.25) is 58.9 Å². The number of carbonyl (C=O) groups is 1. The van der Waals surface area contributed by atoms with E-state index in [-0.39, 0.29) is 6.10 Å². The van der Waals surface area contributed by atoms with Crippen LogP contribution >= 0.6 is 0 Å². The van der Waals surface area contributed by atoms with Gasteiger partial charge in [-0.05, 0) is 75.4 Å². The molecule has 0 spiro atoms. The quantitative estimate of drug-likeness (QED) is 0.274. The maximum Gasteiger partial charge on any atom is 0.252 e. The van der Waals surface area contributed by atoms with Crippen LogP contribution < -0.4 is 10.2 Å². The summed E-state index contributed by atoms with van der Waals surface area (Å²) in [6.45, 7) is 23.3. The highest BCUT2D eigenvalue weighted by molar-refractivity contribution is 6.73. The van der Waals surface area contributed by atoms with Crippen LogP contribution in [0.1, 0.15) is 40.9 Å². The summed E-state index contributed by atoms with van der Waals surface area (Å²) < 4.78 is 15.6. The van der Waals surface area contributed by atoms with Crippen LogP contribution in [0.15, 0.2) is 48.5 Å². The molecular formula is C28H48N2O3Si3. The van der Waals surface area contributed by atoms with Crippen LogP contribution in [0.3, 0.4) is 0 Å². The van der Waals surface area contributed by atoms with Crippen LogP contribution in [-0.4, -0.2) is 47.9 Å². The Morgan fingerprint density at radius 1 is 0.917 bits per heavy atom. The van der Waals surface area contributed by atoms with Crippen molar-refractivity contribution in [3.63, 3.8) is 0 Å². The van der Waals surface area contributed by atoms with Crippen molar-refractivity contribution in [3.8, 4) is 5.75 Å². The summed E-state index contributed by atoms with van der Waals surface area (Å²) in [4.78, 5) is 12.4. The van der Waals surface area contributed by atoms with Crippen molar-refractivity contribution >= 4 is 30.8 Å². The van der Waals surface area contributed by atoms with Gasteiger partial charge in [-0.1, -0.05) is 63.0 Å². The number of hydrogen-bond donors (Lipinski definition) is 1. The van der Waals surface area contributed by atoms with Gasteiger partial charge in [-0.15, -0.1) is 0 Å². The van der Waals surface area contributed by atoms with Gasteiger partial charge in [0.25, 0.3) is 5.91 Å². The van der Waals surface area contributed by atoms with Crippen molar-refractivity contribution in [2.45, 2.75) is 90.8 Å². The molecule has 2 atom stereocenters. The molecule has 0 fully saturated rings. The fraction of sp³-hybridized carbons (Fsp3) is 0.536. The van der Waals surface area contributed by atoms with Crippen molar-refractivity contribution in [1.82, 2.24) is 4.57 Å². The van der Waals surface area contributed by atoms with Crippen molar-refractivity contribution < 1.29 is 13.6 Å². The fourth-order valence-corrected chi connectivity index (χ4v) is 8.53. The molecule has 0 saturated carbocycles. The highest BCUT2D eigenvalue weighted by Gasteiger charge is 2.33. The van der Waals surface area contributed by atoms with E-state index in [4.69, 9.17) is 14.6 Å². The third kappa shape index (κ3) is 9.97. The van der Waals surface area contributed by atoms with Gasteiger partial charge in [0, 0.05) is 12.6 Å². The minimum absolute atomic E-state index is 0.137. The van der Waals surface area contributed by atoms with Gasteiger partial charge in [0.15, 0.2) is 8.32 Å². The molecule has 2 aromatic rings. The first kappa shape index (κ1) is 30.5. The predicted molar refractivity (Wildman–Crippen MR) is 160 cm³/mol. The molecule has 0 bridgehead atoms. The SMILES string of the molecule is CC(CCc1ccccc1)N(CC(O[Si](C)(C)C)c1ccc(O[Si](C)(C)C)c(C(N)=O)c1)[Si](C)(C)C. The van der Waals surface area contributed by atoms with Crippen LogP contribution in [0.4, 0.5) is 0 Å². The first-order chi connectivity index (χ1) is 16.5. The Kier molecular flexibility index (Phi) is 10.4. The first-order valence-electron chi connectivity index (χ1n) is 13.1. The van der Waals surface area contributed by atoms with Gasteiger partial charge < -0.3 is 19.2 Å². The van der Waals surface area contributed by atoms with Gasteiger partial charge in [-0.2, -0.15) is 0 Å². The number of amides is 1. The second-order valence-electron chi connectivity index (χ2n) is 12.7. The van der Waals surface area contributed by atoms with E-state index in [1.165, 1.54) is 5.56 Å². The predicted octanol–water partition coefficient (Wildman–Crippen LogP) is 7.05. The number of nitrogens with two attached hydrogens (primary N) is 1. The number of hydrogen-bond acceptors (Lipinski definition) is 4. The molecule has 0 aliphatic rings. The molecule has 2 N–H and O–H groups in total. The topological polar surface area (TPSA) is 64.8 Å². The summed E-state index contributed by atoms with van der Waals surface area (Å²) >= 11 is 0. The Morgan fingerprint density at radius 3 is 2.03 bits per heavy atom. The third-order valence-corrected chi connectivity index (χ3v) is 10.2. The molecule has 0 heterocycles. The van der Waals surface area contributed by atoms with Crippen LogP contribution in [-0.2, 0) is 10.8 Å². The summed E-state index contributed by atoms with van der Waals surface area (Å²) in [5.74, 6) is 0.116. The molecule has 2 unspecified atom stereocenters. The Morgan fingerprint density at radius 2 is 1.53 bits per heavy atom. The second-order valence-corrected chi connectivity index (χ2v) is 26.6. The summed E-state index contributed by atoms with van der Waals surface area (Å²) in [6, 6.07) is 17.0. The molecule has 8 heteroatoms. The summed E-state index contributed by atoms with van der Waals surface area (Å²) in [5, 5.41) is 0. The number of aryl methyl sites for hydroxylation is 1. The Labute approximate surface area is 222 Å². The average Bonchev–Trinajstić information content (AvgIpc) is 2.73. The highest BCUT2D eigenvalue weighted by atomic mass is 28.4. The molecule has 1 amide bonds.